The van der Waals surface area contributed by atoms with Crippen LogP contribution in [0.5, 0.6) is 5.75 Å². The van der Waals surface area contributed by atoms with Gasteiger partial charge >= 0.3 is 5.97 Å². The minimum atomic E-state index is -0.481. The van der Waals surface area contributed by atoms with Crippen molar-refractivity contribution in [2.24, 2.45) is 0 Å². The SMILES string of the molecule is C=CCOC(=O)COc1ccc(Cl)cc1Cl. The average Bonchev–Trinajstić information content (AvgIpc) is 2.25. The standard InChI is InChI=1S/C11H10Cl2O3/c1-2-5-15-11(14)7-16-10-4-3-8(12)6-9(10)13/h2-4,6H,1,5,7H2. The summed E-state index contributed by atoms with van der Waals surface area (Å²) in [4.78, 5) is 11.1. The predicted molar refractivity (Wildman–Crippen MR) is 63.1 cm³/mol. The van der Waals surface area contributed by atoms with Crippen molar-refractivity contribution in [3.05, 3.63) is 40.9 Å². The molecule has 0 radical (unpaired) electrons. The van der Waals surface area contributed by atoms with Gasteiger partial charge in [-0.15, -0.1) is 0 Å². The maximum absolute atomic E-state index is 11.1. The Hall–Kier alpha value is -1.19. The van der Waals surface area contributed by atoms with E-state index in [9.17, 15) is 4.79 Å². The zero-order valence-corrected chi connectivity index (χ0v) is 9.92. The molecule has 16 heavy (non-hydrogen) atoms. The van der Waals surface area contributed by atoms with Crippen molar-refractivity contribution < 1.29 is 14.3 Å². The van der Waals surface area contributed by atoms with Crippen LogP contribution in [-0.2, 0) is 9.53 Å². The fraction of sp³-hybridized carbons (Fsp3) is 0.182. The van der Waals surface area contributed by atoms with Gasteiger partial charge < -0.3 is 9.47 Å². The summed E-state index contributed by atoms with van der Waals surface area (Å²) in [5.74, 6) is -0.0902. The fourth-order valence-corrected chi connectivity index (χ4v) is 1.39. The molecule has 0 aromatic heterocycles. The summed E-state index contributed by atoms with van der Waals surface area (Å²) < 4.78 is 9.88. The zero-order chi connectivity index (χ0) is 12.0. The summed E-state index contributed by atoms with van der Waals surface area (Å²) >= 11 is 11.5. The second-order valence-corrected chi connectivity index (χ2v) is 3.68. The van der Waals surface area contributed by atoms with Gasteiger partial charge in [0, 0.05) is 5.02 Å². The maximum atomic E-state index is 11.1. The summed E-state index contributed by atoms with van der Waals surface area (Å²) in [5, 5.41) is 0.857. The van der Waals surface area contributed by atoms with Gasteiger partial charge in [0.05, 0.1) is 5.02 Å². The van der Waals surface area contributed by atoms with E-state index in [0.29, 0.717) is 15.8 Å². The predicted octanol–water partition coefficient (Wildman–Crippen LogP) is 3.10. The number of carbonyl (C=O) groups excluding carboxylic acids is 1. The van der Waals surface area contributed by atoms with Crippen molar-refractivity contribution >= 4 is 29.2 Å². The number of hydrogen-bond acceptors (Lipinski definition) is 3. The second-order valence-electron chi connectivity index (χ2n) is 2.84. The summed E-state index contributed by atoms with van der Waals surface area (Å²) in [6.45, 7) is 3.38. The molecule has 0 unspecified atom stereocenters. The van der Waals surface area contributed by atoms with E-state index in [1.165, 1.54) is 12.1 Å². The average molecular weight is 261 g/mol. The van der Waals surface area contributed by atoms with E-state index < -0.39 is 5.97 Å². The van der Waals surface area contributed by atoms with E-state index >= 15 is 0 Å². The van der Waals surface area contributed by atoms with Crippen LogP contribution in [-0.4, -0.2) is 19.2 Å². The monoisotopic (exact) mass is 260 g/mol. The minimum Gasteiger partial charge on any atom is -0.480 e. The first-order valence-corrected chi connectivity index (χ1v) is 5.23. The van der Waals surface area contributed by atoms with Gasteiger partial charge in [-0.05, 0) is 18.2 Å². The molecule has 0 N–H and O–H groups in total. The zero-order valence-electron chi connectivity index (χ0n) is 8.41. The highest BCUT2D eigenvalue weighted by atomic mass is 35.5. The van der Waals surface area contributed by atoms with Gasteiger partial charge in [-0.3, -0.25) is 0 Å². The molecule has 0 saturated heterocycles. The molecule has 1 aromatic carbocycles. The van der Waals surface area contributed by atoms with Crippen molar-refractivity contribution in [3.8, 4) is 5.75 Å². The Labute approximate surface area is 104 Å². The van der Waals surface area contributed by atoms with Gasteiger partial charge in [0.15, 0.2) is 6.61 Å². The summed E-state index contributed by atoms with van der Waals surface area (Å²) in [5.41, 5.74) is 0. The van der Waals surface area contributed by atoms with E-state index in [2.05, 4.69) is 6.58 Å². The van der Waals surface area contributed by atoms with Crippen LogP contribution < -0.4 is 4.74 Å². The van der Waals surface area contributed by atoms with Crippen molar-refractivity contribution in [3.63, 3.8) is 0 Å². The molecule has 3 nitrogen and oxygen atoms in total. The highest BCUT2D eigenvalue weighted by Gasteiger charge is 2.06. The molecule has 0 aliphatic heterocycles. The molecule has 0 amide bonds. The minimum absolute atomic E-state index is 0.163. The molecular formula is C11H10Cl2O3. The van der Waals surface area contributed by atoms with Gasteiger partial charge in [0.1, 0.15) is 12.4 Å². The number of benzene rings is 1. The molecule has 1 rings (SSSR count). The van der Waals surface area contributed by atoms with Crippen LogP contribution in [0, 0.1) is 0 Å². The van der Waals surface area contributed by atoms with Gasteiger partial charge in [0.25, 0.3) is 0 Å². The number of hydrogen-bond donors (Lipinski definition) is 0. The van der Waals surface area contributed by atoms with Gasteiger partial charge in [-0.2, -0.15) is 0 Å². The Morgan fingerprint density at radius 3 is 2.81 bits per heavy atom. The van der Waals surface area contributed by atoms with E-state index in [4.69, 9.17) is 32.7 Å². The molecular weight excluding hydrogens is 251 g/mol. The van der Waals surface area contributed by atoms with Crippen LogP contribution in [0.15, 0.2) is 30.9 Å². The third-order valence-corrected chi connectivity index (χ3v) is 2.13. The normalized spacial score (nSPS) is 9.62. The molecule has 0 aliphatic carbocycles. The Morgan fingerprint density at radius 1 is 1.44 bits per heavy atom. The number of ether oxygens (including phenoxy) is 2. The lowest BCUT2D eigenvalue weighted by atomic mass is 10.3. The van der Waals surface area contributed by atoms with Crippen molar-refractivity contribution in [1.29, 1.82) is 0 Å². The van der Waals surface area contributed by atoms with E-state index in [-0.39, 0.29) is 13.2 Å². The van der Waals surface area contributed by atoms with Crippen molar-refractivity contribution in [1.82, 2.24) is 0 Å². The van der Waals surface area contributed by atoms with Gasteiger partial charge in [-0.1, -0.05) is 35.9 Å². The lowest BCUT2D eigenvalue weighted by Crippen LogP contribution is -2.14. The highest BCUT2D eigenvalue weighted by molar-refractivity contribution is 6.35. The van der Waals surface area contributed by atoms with Crippen LogP contribution in [0.1, 0.15) is 0 Å². The lowest BCUT2D eigenvalue weighted by molar-refractivity contribution is -0.144. The Kier molecular flexibility index (Phi) is 5.15. The van der Waals surface area contributed by atoms with E-state index in [1.54, 1.807) is 12.1 Å². The first-order valence-electron chi connectivity index (χ1n) is 4.48. The van der Waals surface area contributed by atoms with E-state index in [1.807, 2.05) is 0 Å². The largest absolute Gasteiger partial charge is 0.480 e. The fourth-order valence-electron chi connectivity index (χ4n) is 0.922. The molecule has 5 heteroatoms. The topological polar surface area (TPSA) is 35.5 Å². The highest BCUT2D eigenvalue weighted by Crippen LogP contribution is 2.27. The number of carbonyl (C=O) groups is 1. The molecule has 0 aliphatic rings. The molecule has 1 aromatic rings. The van der Waals surface area contributed by atoms with Gasteiger partial charge in [-0.25, -0.2) is 4.79 Å². The lowest BCUT2D eigenvalue weighted by Gasteiger charge is -2.07. The van der Waals surface area contributed by atoms with Crippen LogP contribution in [0.4, 0.5) is 0 Å². The van der Waals surface area contributed by atoms with Gasteiger partial charge in [0.2, 0.25) is 0 Å². The van der Waals surface area contributed by atoms with Crippen molar-refractivity contribution in [2.75, 3.05) is 13.2 Å². The molecule has 86 valence electrons. The van der Waals surface area contributed by atoms with Crippen LogP contribution in [0.3, 0.4) is 0 Å². The molecule has 0 heterocycles. The Balaban J connectivity index is 2.48. The number of halogens is 2. The third kappa shape index (κ3) is 4.13. The Bertz CT molecular complexity index is 391. The molecule has 0 atom stereocenters. The van der Waals surface area contributed by atoms with Crippen LogP contribution >= 0.6 is 23.2 Å². The van der Waals surface area contributed by atoms with E-state index in [0.717, 1.165) is 0 Å². The summed E-state index contributed by atoms with van der Waals surface area (Å²) in [6.07, 6.45) is 1.48. The molecule has 0 bridgehead atoms. The molecule has 0 saturated carbocycles. The first kappa shape index (κ1) is 12.9. The quantitative estimate of drug-likeness (QED) is 0.603. The third-order valence-electron chi connectivity index (χ3n) is 1.60. The number of rotatable bonds is 5. The Morgan fingerprint density at radius 2 is 2.19 bits per heavy atom. The molecule has 0 spiro atoms. The van der Waals surface area contributed by atoms with Crippen LogP contribution in [0.25, 0.3) is 0 Å². The second kappa shape index (κ2) is 6.40. The van der Waals surface area contributed by atoms with Crippen LogP contribution in [0.2, 0.25) is 10.0 Å². The summed E-state index contributed by atoms with van der Waals surface area (Å²) in [7, 11) is 0. The summed E-state index contributed by atoms with van der Waals surface area (Å²) in [6, 6.07) is 4.75. The molecule has 0 fully saturated rings. The first-order chi connectivity index (χ1) is 7.63. The smallest absolute Gasteiger partial charge is 0.344 e. The number of esters is 1. The van der Waals surface area contributed by atoms with Crippen molar-refractivity contribution in [2.45, 2.75) is 0 Å². The maximum Gasteiger partial charge on any atom is 0.344 e.